The summed E-state index contributed by atoms with van der Waals surface area (Å²) in [5, 5.41) is 12.0. The van der Waals surface area contributed by atoms with Crippen molar-refractivity contribution < 1.29 is 19.4 Å². The monoisotopic (exact) mass is 494 g/mol. The molecule has 1 saturated heterocycles. The highest BCUT2D eigenvalue weighted by molar-refractivity contribution is 8.18. The highest BCUT2D eigenvalue weighted by Crippen LogP contribution is 2.33. The molecule has 0 bridgehead atoms. The van der Waals surface area contributed by atoms with Gasteiger partial charge in [0.15, 0.2) is 5.17 Å². The molecule has 1 N–H and O–H groups in total. The standard InChI is InChI=1S/C29H22N2O4S/c1-31-27(32)26(36-29(31)30-24-12-10-22(11-13-24)28(33)34)17-19-7-14-25(15-8-19)35-18-20-6-9-21-4-2-3-5-23(21)16-20/h2-17H,18H2,1H3,(H,33,34)/b26-17-,30-29?. The summed E-state index contributed by atoms with van der Waals surface area (Å²) in [6.07, 6.45) is 1.83. The number of nitrogens with zero attached hydrogens (tertiary/aromatic N) is 2. The summed E-state index contributed by atoms with van der Waals surface area (Å²) in [6, 6.07) is 28.4. The predicted octanol–water partition coefficient (Wildman–Crippen LogP) is 6.35. The Morgan fingerprint density at radius 1 is 0.972 bits per heavy atom. The molecule has 36 heavy (non-hydrogen) atoms. The third-order valence-corrected chi connectivity index (χ3v) is 6.80. The van der Waals surface area contributed by atoms with Crippen LogP contribution in [0.4, 0.5) is 5.69 Å². The molecule has 0 aromatic heterocycles. The van der Waals surface area contributed by atoms with Crippen molar-refractivity contribution in [1.82, 2.24) is 4.90 Å². The minimum absolute atomic E-state index is 0.141. The molecule has 178 valence electrons. The van der Waals surface area contributed by atoms with Gasteiger partial charge in [-0.05, 0) is 82.2 Å². The molecule has 1 aliphatic rings. The maximum absolute atomic E-state index is 12.7. The number of carbonyl (C=O) groups excluding carboxylic acids is 1. The molecule has 0 spiro atoms. The van der Waals surface area contributed by atoms with Crippen LogP contribution in [-0.2, 0) is 11.4 Å². The third kappa shape index (κ3) is 5.16. The van der Waals surface area contributed by atoms with Gasteiger partial charge in [-0.25, -0.2) is 9.79 Å². The number of amidine groups is 1. The normalized spacial score (nSPS) is 15.7. The zero-order chi connectivity index (χ0) is 25.1. The minimum Gasteiger partial charge on any atom is -0.489 e. The molecule has 1 fully saturated rings. The lowest BCUT2D eigenvalue weighted by molar-refractivity contribution is -0.121. The number of carbonyl (C=O) groups is 2. The lowest BCUT2D eigenvalue weighted by atomic mass is 10.1. The first-order chi connectivity index (χ1) is 17.5. The van der Waals surface area contributed by atoms with Gasteiger partial charge in [-0.2, -0.15) is 0 Å². The van der Waals surface area contributed by atoms with E-state index < -0.39 is 5.97 Å². The summed E-state index contributed by atoms with van der Waals surface area (Å²) in [5.41, 5.74) is 2.74. The average Bonchev–Trinajstić information content (AvgIpc) is 3.16. The Morgan fingerprint density at radius 3 is 2.42 bits per heavy atom. The van der Waals surface area contributed by atoms with Crippen LogP contribution in [0.2, 0.25) is 0 Å². The largest absolute Gasteiger partial charge is 0.489 e. The topological polar surface area (TPSA) is 79.2 Å². The summed E-state index contributed by atoms with van der Waals surface area (Å²) in [4.78, 5) is 30.3. The summed E-state index contributed by atoms with van der Waals surface area (Å²) >= 11 is 1.28. The second-order valence-corrected chi connectivity index (χ2v) is 9.27. The zero-order valence-corrected chi connectivity index (χ0v) is 20.2. The van der Waals surface area contributed by atoms with Crippen molar-refractivity contribution in [2.24, 2.45) is 4.99 Å². The molecule has 4 aromatic rings. The first-order valence-corrected chi connectivity index (χ1v) is 12.1. The SMILES string of the molecule is CN1C(=O)/C(=C/c2ccc(OCc3ccc4ccccc4c3)cc2)SC1=Nc1ccc(C(=O)O)cc1. The van der Waals surface area contributed by atoms with Gasteiger partial charge in [0.2, 0.25) is 0 Å². The number of fused-ring (bicyclic) bond motifs is 1. The molecule has 1 heterocycles. The molecule has 4 aromatic carbocycles. The van der Waals surface area contributed by atoms with Crippen molar-refractivity contribution in [2.45, 2.75) is 6.61 Å². The van der Waals surface area contributed by atoms with Crippen molar-refractivity contribution in [1.29, 1.82) is 0 Å². The fraction of sp³-hybridized carbons (Fsp3) is 0.0690. The van der Waals surface area contributed by atoms with E-state index in [4.69, 9.17) is 9.84 Å². The summed E-state index contributed by atoms with van der Waals surface area (Å²) in [5.74, 6) is -0.385. The van der Waals surface area contributed by atoms with Crippen LogP contribution in [0.25, 0.3) is 16.8 Å². The van der Waals surface area contributed by atoms with E-state index in [0.29, 0.717) is 22.4 Å². The quantitative estimate of drug-likeness (QED) is 0.316. The fourth-order valence-corrected chi connectivity index (χ4v) is 4.73. The smallest absolute Gasteiger partial charge is 0.335 e. The number of benzene rings is 4. The maximum Gasteiger partial charge on any atom is 0.335 e. The van der Waals surface area contributed by atoms with Gasteiger partial charge in [0.05, 0.1) is 16.2 Å². The van der Waals surface area contributed by atoms with E-state index in [1.54, 1.807) is 19.2 Å². The Hall–Kier alpha value is -4.36. The van der Waals surface area contributed by atoms with Crippen molar-refractivity contribution in [3.63, 3.8) is 0 Å². The van der Waals surface area contributed by atoms with Crippen molar-refractivity contribution >= 4 is 51.3 Å². The molecular formula is C29H22N2O4S. The van der Waals surface area contributed by atoms with E-state index >= 15 is 0 Å². The molecule has 6 nitrogen and oxygen atoms in total. The third-order valence-electron chi connectivity index (χ3n) is 5.74. The fourth-order valence-electron chi connectivity index (χ4n) is 3.75. The Bertz CT molecular complexity index is 1510. The molecular weight excluding hydrogens is 472 g/mol. The summed E-state index contributed by atoms with van der Waals surface area (Å²) in [6.45, 7) is 0.470. The van der Waals surface area contributed by atoms with Gasteiger partial charge in [-0.1, -0.05) is 48.5 Å². The van der Waals surface area contributed by atoms with Gasteiger partial charge in [-0.3, -0.25) is 9.69 Å². The van der Waals surface area contributed by atoms with E-state index in [9.17, 15) is 9.59 Å². The van der Waals surface area contributed by atoms with Crippen LogP contribution in [0.1, 0.15) is 21.5 Å². The number of rotatable bonds is 6. The van der Waals surface area contributed by atoms with E-state index in [-0.39, 0.29) is 11.5 Å². The minimum atomic E-state index is -0.993. The maximum atomic E-state index is 12.7. The number of hydrogen-bond acceptors (Lipinski definition) is 5. The van der Waals surface area contributed by atoms with Crippen molar-refractivity contribution in [2.75, 3.05) is 7.05 Å². The highest BCUT2D eigenvalue weighted by atomic mass is 32.2. The number of hydrogen-bond donors (Lipinski definition) is 1. The van der Waals surface area contributed by atoms with Gasteiger partial charge in [0.25, 0.3) is 5.91 Å². The second-order valence-electron chi connectivity index (χ2n) is 8.26. The summed E-state index contributed by atoms with van der Waals surface area (Å²) in [7, 11) is 1.67. The van der Waals surface area contributed by atoms with E-state index in [0.717, 1.165) is 16.9 Å². The molecule has 0 aliphatic carbocycles. The van der Waals surface area contributed by atoms with Gasteiger partial charge in [0, 0.05) is 7.05 Å². The van der Waals surface area contributed by atoms with E-state index in [1.165, 1.54) is 39.6 Å². The Morgan fingerprint density at radius 2 is 1.69 bits per heavy atom. The number of thioether (sulfide) groups is 1. The van der Waals surface area contributed by atoms with Gasteiger partial charge < -0.3 is 9.84 Å². The number of amides is 1. The Kier molecular flexibility index (Phi) is 6.56. The van der Waals surface area contributed by atoms with Gasteiger partial charge in [0.1, 0.15) is 12.4 Å². The predicted molar refractivity (Wildman–Crippen MR) is 144 cm³/mol. The number of aliphatic imine (C=N–C) groups is 1. The van der Waals surface area contributed by atoms with Crippen LogP contribution < -0.4 is 4.74 Å². The first-order valence-electron chi connectivity index (χ1n) is 11.3. The lowest BCUT2D eigenvalue weighted by Gasteiger charge is -2.08. The number of aromatic carboxylic acids is 1. The number of carboxylic acid groups (broad SMARTS) is 1. The lowest BCUT2D eigenvalue weighted by Crippen LogP contribution is -2.23. The average molecular weight is 495 g/mol. The molecule has 0 saturated carbocycles. The van der Waals surface area contributed by atoms with Crippen LogP contribution in [0, 0.1) is 0 Å². The van der Waals surface area contributed by atoms with Crippen molar-refractivity contribution in [3.05, 3.63) is 113 Å². The Labute approximate surface area is 212 Å². The molecule has 7 heteroatoms. The van der Waals surface area contributed by atoms with Gasteiger partial charge in [-0.15, -0.1) is 0 Å². The van der Waals surface area contributed by atoms with Crippen LogP contribution in [0.15, 0.2) is 101 Å². The first kappa shape index (κ1) is 23.4. The van der Waals surface area contributed by atoms with E-state index in [2.05, 4.69) is 35.3 Å². The van der Waals surface area contributed by atoms with Crippen molar-refractivity contribution in [3.8, 4) is 5.75 Å². The van der Waals surface area contributed by atoms with E-state index in [1.807, 2.05) is 42.5 Å². The zero-order valence-electron chi connectivity index (χ0n) is 19.4. The molecule has 0 unspecified atom stereocenters. The number of likely N-dealkylation sites (N-methyl/N-ethyl adjacent to an activating group) is 1. The molecule has 0 atom stereocenters. The van der Waals surface area contributed by atoms with Crippen LogP contribution in [-0.4, -0.2) is 34.1 Å². The number of ether oxygens (including phenoxy) is 1. The van der Waals surface area contributed by atoms with Gasteiger partial charge >= 0.3 is 5.97 Å². The summed E-state index contributed by atoms with van der Waals surface area (Å²) < 4.78 is 5.95. The molecule has 0 radical (unpaired) electrons. The highest BCUT2D eigenvalue weighted by Gasteiger charge is 2.30. The number of carboxylic acids is 1. The molecule has 1 aliphatic heterocycles. The second kappa shape index (κ2) is 10.1. The molecule has 5 rings (SSSR count). The Balaban J connectivity index is 1.25. The van der Waals surface area contributed by atoms with Crippen LogP contribution >= 0.6 is 11.8 Å². The van der Waals surface area contributed by atoms with Crippen LogP contribution in [0.5, 0.6) is 5.75 Å². The molecule has 1 amide bonds. The van der Waals surface area contributed by atoms with Crippen LogP contribution in [0.3, 0.4) is 0 Å².